The zero-order valence-corrected chi connectivity index (χ0v) is 6.72. The Morgan fingerprint density at radius 3 is 2.25 bits per heavy atom. The van der Waals surface area contributed by atoms with E-state index in [1.54, 1.807) is 0 Å². The zero-order valence-electron chi connectivity index (χ0n) is 6.72. The van der Waals surface area contributed by atoms with Crippen molar-refractivity contribution >= 4 is 17.7 Å². The van der Waals surface area contributed by atoms with E-state index in [-0.39, 0.29) is 5.91 Å². The highest BCUT2D eigenvalue weighted by molar-refractivity contribution is 6.34. The van der Waals surface area contributed by atoms with Gasteiger partial charge in [-0.2, -0.15) is 0 Å². The van der Waals surface area contributed by atoms with E-state index in [2.05, 4.69) is 5.73 Å². The number of rotatable bonds is 2. The van der Waals surface area contributed by atoms with Gasteiger partial charge in [0.25, 0.3) is 0 Å². The second-order valence-corrected chi connectivity index (χ2v) is 2.12. The number of primary amides is 1. The molecule has 0 heterocycles. The van der Waals surface area contributed by atoms with Crippen LogP contribution >= 0.6 is 0 Å². The normalized spacial score (nSPS) is 8.75. The molecular formula is C6H11N3O3. The predicted molar refractivity (Wildman–Crippen MR) is 40.4 cm³/mol. The fourth-order valence-corrected chi connectivity index (χ4v) is 0.478. The van der Waals surface area contributed by atoms with Crippen LogP contribution in [0.4, 0.5) is 0 Å². The topological polar surface area (TPSA) is 101 Å². The van der Waals surface area contributed by atoms with Gasteiger partial charge in [-0.25, -0.2) is 0 Å². The van der Waals surface area contributed by atoms with Gasteiger partial charge in [-0.3, -0.25) is 25.2 Å². The first-order valence-corrected chi connectivity index (χ1v) is 3.46. The number of nitrogens with two attached hydrogens (primary N) is 1. The summed E-state index contributed by atoms with van der Waals surface area (Å²) in [4.78, 5) is 31.3. The fourth-order valence-electron chi connectivity index (χ4n) is 0.478. The molecule has 0 saturated carbocycles. The van der Waals surface area contributed by atoms with E-state index in [0.29, 0.717) is 12.8 Å². The lowest BCUT2D eigenvalue weighted by Gasteiger charge is -2.03. The molecule has 6 heteroatoms. The summed E-state index contributed by atoms with van der Waals surface area (Å²) < 4.78 is 0. The van der Waals surface area contributed by atoms with Gasteiger partial charge < -0.3 is 5.73 Å². The van der Waals surface area contributed by atoms with E-state index in [9.17, 15) is 14.4 Å². The molecule has 0 unspecified atom stereocenters. The van der Waals surface area contributed by atoms with Crippen LogP contribution in [-0.2, 0) is 14.4 Å². The Bertz CT molecular complexity index is 202. The van der Waals surface area contributed by atoms with Crippen molar-refractivity contribution in [1.82, 2.24) is 10.9 Å². The van der Waals surface area contributed by atoms with E-state index >= 15 is 0 Å². The summed E-state index contributed by atoms with van der Waals surface area (Å²) in [6.07, 6.45) is 0.956. The van der Waals surface area contributed by atoms with Gasteiger partial charge in [-0.05, 0) is 6.42 Å². The Kier molecular flexibility index (Phi) is 4.43. The minimum atomic E-state index is -1.13. The molecule has 0 aromatic heterocycles. The van der Waals surface area contributed by atoms with Crippen molar-refractivity contribution in [1.29, 1.82) is 0 Å². The molecule has 0 aliphatic heterocycles. The predicted octanol–water partition coefficient (Wildman–Crippen LogP) is -1.58. The molecule has 0 atom stereocenters. The maximum absolute atomic E-state index is 10.7. The standard InChI is InChI=1S/C6H11N3O3/c1-2-3-4(10)8-9-6(12)5(7)11/h2-3H2,1H3,(H2,7,11)(H,8,10)(H,9,12). The third-order valence-electron chi connectivity index (χ3n) is 1.02. The molecule has 68 valence electrons. The maximum atomic E-state index is 10.7. The summed E-state index contributed by atoms with van der Waals surface area (Å²) in [5, 5.41) is 0. The molecule has 0 bridgehead atoms. The average molecular weight is 173 g/mol. The maximum Gasteiger partial charge on any atom is 0.327 e. The van der Waals surface area contributed by atoms with Gasteiger partial charge in [0.15, 0.2) is 0 Å². The number of nitrogens with one attached hydrogen (secondary N) is 2. The van der Waals surface area contributed by atoms with E-state index in [1.165, 1.54) is 0 Å². The van der Waals surface area contributed by atoms with Crippen LogP contribution in [0.3, 0.4) is 0 Å². The minimum absolute atomic E-state index is 0.291. The van der Waals surface area contributed by atoms with Crippen LogP contribution in [0.25, 0.3) is 0 Å². The summed E-state index contributed by atoms with van der Waals surface area (Å²) in [6, 6.07) is 0. The van der Waals surface area contributed by atoms with Crippen LogP contribution in [0.5, 0.6) is 0 Å². The van der Waals surface area contributed by atoms with Crippen molar-refractivity contribution in [2.24, 2.45) is 5.73 Å². The van der Waals surface area contributed by atoms with Crippen molar-refractivity contribution in [2.45, 2.75) is 19.8 Å². The molecule has 0 saturated heterocycles. The second kappa shape index (κ2) is 5.11. The highest BCUT2D eigenvalue weighted by atomic mass is 16.2. The fraction of sp³-hybridized carbons (Fsp3) is 0.500. The second-order valence-electron chi connectivity index (χ2n) is 2.12. The van der Waals surface area contributed by atoms with E-state index in [1.807, 2.05) is 17.8 Å². The van der Waals surface area contributed by atoms with Gasteiger partial charge in [0.05, 0.1) is 0 Å². The van der Waals surface area contributed by atoms with E-state index in [4.69, 9.17) is 0 Å². The van der Waals surface area contributed by atoms with Crippen molar-refractivity contribution in [3.63, 3.8) is 0 Å². The summed E-state index contributed by atoms with van der Waals surface area (Å²) >= 11 is 0. The monoisotopic (exact) mass is 173 g/mol. The van der Waals surface area contributed by atoms with Gasteiger partial charge in [-0.15, -0.1) is 0 Å². The molecule has 0 aliphatic rings. The van der Waals surface area contributed by atoms with Crippen LogP contribution in [-0.4, -0.2) is 17.7 Å². The number of hydrazine groups is 1. The smallest absolute Gasteiger partial charge is 0.327 e. The van der Waals surface area contributed by atoms with Crippen molar-refractivity contribution < 1.29 is 14.4 Å². The van der Waals surface area contributed by atoms with Crippen LogP contribution in [0.2, 0.25) is 0 Å². The molecule has 3 amide bonds. The van der Waals surface area contributed by atoms with Gasteiger partial charge in [-0.1, -0.05) is 6.92 Å². The number of hydrogen-bond donors (Lipinski definition) is 3. The van der Waals surface area contributed by atoms with E-state index < -0.39 is 11.8 Å². The Morgan fingerprint density at radius 2 is 1.83 bits per heavy atom. The Hall–Kier alpha value is -1.59. The minimum Gasteiger partial charge on any atom is -0.361 e. The third kappa shape index (κ3) is 4.26. The molecule has 0 aromatic carbocycles. The third-order valence-corrected chi connectivity index (χ3v) is 1.02. The molecule has 0 radical (unpaired) electrons. The van der Waals surface area contributed by atoms with E-state index in [0.717, 1.165) is 0 Å². The van der Waals surface area contributed by atoms with Gasteiger partial charge >= 0.3 is 11.8 Å². The molecule has 0 aliphatic carbocycles. The van der Waals surface area contributed by atoms with Crippen LogP contribution in [0, 0.1) is 0 Å². The SMILES string of the molecule is CCCC(=O)NNC(=O)C(N)=O. The lowest BCUT2D eigenvalue weighted by Crippen LogP contribution is -2.46. The van der Waals surface area contributed by atoms with Crippen LogP contribution in [0.15, 0.2) is 0 Å². The lowest BCUT2D eigenvalue weighted by molar-refractivity contribution is -0.139. The molecule has 4 N–H and O–H groups in total. The van der Waals surface area contributed by atoms with Gasteiger partial charge in [0, 0.05) is 6.42 Å². The van der Waals surface area contributed by atoms with Crippen molar-refractivity contribution in [3.05, 3.63) is 0 Å². The molecule has 0 spiro atoms. The van der Waals surface area contributed by atoms with Crippen LogP contribution in [0.1, 0.15) is 19.8 Å². The zero-order chi connectivity index (χ0) is 9.56. The first kappa shape index (κ1) is 10.4. The number of amides is 3. The number of carbonyl (C=O) groups is 3. The Labute approximate surface area is 69.5 Å². The van der Waals surface area contributed by atoms with Gasteiger partial charge in [0.2, 0.25) is 5.91 Å². The van der Waals surface area contributed by atoms with Crippen LogP contribution < -0.4 is 16.6 Å². The average Bonchev–Trinajstić information content (AvgIpc) is 2.00. The first-order chi connectivity index (χ1) is 5.57. The van der Waals surface area contributed by atoms with Crippen molar-refractivity contribution in [3.8, 4) is 0 Å². The molecule has 0 fully saturated rings. The summed E-state index contributed by atoms with van der Waals surface area (Å²) in [7, 11) is 0. The number of hydrogen-bond acceptors (Lipinski definition) is 3. The lowest BCUT2D eigenvalue weighted by atomic mass is 10.3. The largest absolute Gasteiger partial charge is 0.361 e. The molecule has 0 rings (SSSR count). The molecular weight excluding hydrogens is 162 g/mol. The summed E-state index contributed by atoms with van der Waals surface area (Å²) in [5.74, 6) is -2.52. The molecule has 0 aromatic rings. The highest BCUT2D eigenvalue weighted by Gasteiger charge is 2.08. The Morgan fingerprint density at radius 1 is 1.25 bits per heavy atom. The summed E-state index contributed by atoms with van der Waals surface area (Å²) in [6.45, 7) is 1.81. The molecule has 6 nitrogen and oxygen atoms in total. The Balaban J connectivity index is 3.61. The number of carbonyl (C=O) groups excluding carboxylic acids is 3. The van der Waals surface area contributed by atoms with Crippen molar-refractivity contribution in [2.75, 3.05) is 0 Å². The highest BCUT2D eigenvalue weighted by Crippen LogP contribution is 1.83. The first-order valence-electron chi connectivity index (χ1n) is 3.46. The summed E-state index contributed by atoms with van der Waals surface area (Å²) in [5.41, 5.74) is 8.47. The van der Waals surface area contributed by atoms with Gasteiger partial charge in [0.1, 0.15) is 0 Å². The molecule has 12 heavy (non-hydrogen) atoms. The quantitative estimate of drug-likeness (QED) is 0.347.